The van der Waals surface area contributed by atoms with Crippen LogP contribution < -0.4 is 5.32 Å². The van der Waals surface area contributed by atoms with Crippen LogP contribution in [0.1, 0.15) is 44.2 Å². The number of rotatable bonds is 5. The molecule has 22 heavy (non-hydrogen) atoms. The highest BCUT2D eigenvalue weighted by Crippen LogP contribution is 2.23. The van der Waals surface area contributed by atoms with Crippen molar-refractivity contribution in [1.82, 2.24) is 10.2 Å². The third kappa shape index (κ3) is 3.70. The summed E-state index contributed by atoms with van der Waals surface area (Å²) in [5.41, 5.74) is 1.12. The smallest absolute Gasteiger partial charge is 0.318 e. The van der Waals surface area contributed by atoms with Crippen molar-refractivity contribution < 1.29 is 9.21 Å². The SMILES string of the molecule is CC(C)C(NC(=O)N(C)C(C)c1ccco1)c1ccccc1. The van der Waals surface area contributed by atoms with Crippen LogP contribution in [0, 0.1) is 5.92 Å². The first-order valence-electron chi connectivity index (χ1n) is 7.62. The molecular formula is C18H24N2O2. The Bertz CT molecular complexity index is 578. The Morgan fingerprint density at radius 2 is 1.77 bits per heavy atom. The number of urea groups is 1. The fraction of sp³-hybridized carbons (Fsp3) is 0.389. The minimum absolute atomic E-state index is 0.0139. The third-order valence-electron chi connectivity index (χ3n) is 3.96. The predicted octanol–water partition coefficient (Wildman–Crippen LogP) is 4.38. The first kappa shape index (κ1) is 16.1. The van der Waals surface area contributed by atoms with Gasteiger partial charge < -0.3 is 14.6 Å². The van der Waals surface area contributed by atoms with Gasteiger partial charge in [0.2, 0.25) is 0 Å². The van der Waals surface area contributed by atoms with Gasteiger partial charge in [-0.15, -0.1) is 0 Å². The van der Waals surface area contributed by atoms with Crippen molar-refractivity contribution in [2.75, 3.05) is 7.05 Å². The summed E-state index contributed by atoms with van der Waals surface area (Å²) in [5, 5.41) is 3.12. The average Bonchev–Trinajstić information content (AvgIpc) is 3.05. The molecule has 2 aromatic rings. The summed E-state index contributed by atoms with van der Waals surface area (Å²) in [6.45, 7) is 6.16. The lowest BCUT2D eigenvalue weighted by molar-refractivity contribution is 0.180. The molecule has 2 unspecified atom stereocenters. The number of carbonyl (C=O) groups is 1. The van der Waals surface area contributed by atoms with Crippen molar-refractivity contribution in [2.24, 2.45) is 5.92 Å². The van der Waals surface area contributed by atoms with Crippen LogP contribution >= 0.6 is 0 Å². The molecule has 4 heteroatoms. The normalized spacial score (nSPS) is 13.7. The van der Waals surface area contributed by atoms with E-state index in [0.717, 1.165) is 11.3 Å². The van der Waals surface area contributed by atoms with Crippen LogP contribution in [0.4, 0.5) is 4.79 Å². The van der Waals surface area contributed by atoms with Crippen LogP contribution in [0.25, 0.3) is 0 Å². The van der Waals surface area contributed by atoms with E-state index in [0.29, 0.717) is 5.92 Å². The van der Waals surface area contributed by atoms with E-state index in [4.69, 9.17) is 4.42 Å². The van der Waals surface area contributed by atoms with Crippen molar-refractivity contribution in [3.8, 4) is 0 Å². The molecule has 0 spiro atoms. The van der Waals surface area contributed by atoms with E-state index in [1.165, 1.54) is 0 Å². The molecule has 0 aliphatic rings. The molecule has 0 saturated carbocycles. The Kier molecular flexibility index (Phi) is 5.26. The van der Waals surface area contributed by atoms with Crippen LogP contribution in [0.5, 0.6) is 0 Å². The number of benzene rings is 1. The Hall–Kier alpha value is -2.23. The maximum atomic E-state index is 12.5. The Morgan fingerprint density at radius 1 is 1.09 bits per heavy atom. The van der Waals surface area contributed by atoms with Gasteiger partial charge in [-0.1, -0.05) is 44.2 Å². The summed E-state index contributed by atoms with van der Waals surface area (Å²) in [6.07, 6.45) is 1.62. The van der Waals surface area contributed by atoms with Crippen molar-refractivity contribution in [1.29, 1.82) is 0 Å². The van der Waals surface area contributed by atoms with Crippen LogP contribution in [0.3, 0.4) is 0 Å². The predicted molar refractivity (Wildman–Crippen MR) is 87.4 cm³/mol. The number of carbonyl (C=O) groups excluding carboxylic acids is 1. The zero-order chi connectivity index (χ0) is 16.1. The molecule has 0 fully saturated rings. The van der Waals surface area contributed by atoms with Gasteiger partial charge in [-0.3, -0.25) is 0 Å². The quantitative estimate of drug-likeness (QED) is 0.890. The molecule has 1 N–H and O–H groups in total. The second-order valence-corrected chi connectivity index (χ2v) is 5.88. The lowest BCUT2D eigenvalue weighted by Gasteiger charge is -2.29. The van der Waals surface area contributed by atoms with Crippen molar-refractivity contribution in [2.45, 2.75) is 32.9 Å². The van der Waals surface area contributed by atoms with Gasteiger partial charge in [-0.25, -0.2) is 4.79 Å². The molecule has 0 radical (unpaired) electrons. The summed E-state index contributed by atoms with van der Waals surface area (Å²) >= 11 is 0. The molecule has 118 valence electrons. The molecule has 2 rings (SSSR count). The molecule has 2 amide bonds. The standard InChI is InChI=1S/C18H24N2O2/c1-13(2)17(15-9-6-5-7-10-15)19-18(21)20(4)14(3)16-11-8-12-22-16/h5-14,17H,1-4H3,(H,19,21). The molecule has 2 atom stereocenters. The Morgan fingerprint density at radius 3 is 2.32 bits per heavy atom. The third-order valence-corrected chi connectivity index (χ3v) is 3.96. The molecule has 0 aliphatic heterocycles. The van der Waals surface area contributed by atoms with Gasteiger partial charge in [0.15, 0.2) is 0 Å². The van der Waals surface area contributed by atoms with E-state index >= 15 is 0 Å². The van der Waals surface area contributed by atoms with Gasteiger partial charge in [0.25, 0.3) is 0 Å². The first-order valence-corrected chi connectivity index (χ1v) is 7.62. The topological polar surface area (TPSA) is 45.5 Å². The van der Waals surface area contributed by atoms with E-state index in [1.54, 1.807) is 18.2 Å². The number of hydrogen-bond donors (Lipinski definition) is 1. The minimum atomic E-state index is -0.112. The highest BCUT2D eigenvalue weighted by molar-refractivity contribution is 5.75. The molecule has 1 aromatic heterocycles. The summed E-state index contributed by atoms with van der Waals surface area (Å²) in [6, 6.07) is 13.5. The molecular weight excluding hydrogens is 276 g/mol. The van der Waals surface area contributed by atoms with Crippen LogP contribution in [0.2, 0.25) is 0 Å². The van der Waals surface area contributed by atoms with Crippen molar-refractivity contribution in [3.63, 3.8) is 0 Å². The summed E-state index contributed by atoms with van der Waals surface area (Å²) in [5.74, 6) is 1.08. The van der Waals surface area contributed by atoms with Crippen molar-refractivity contribution >= 4 is 6.03 Å². The molecule has 0 bridgehead atoms. The molecule has 0 saturated heterocycles. The van der Waals surface area contributed by atoms with E-state index in [2.05, 4.69) is 19.2 Å². The average molecular weight is 300 g/mol. The Labute approximate surface area is 132 Å². The maximum absolute atomic E-state index is 12.5. The summed E-state index contributed by atoms with van der Waals surface area (Å²) in [4.78, 5) is 14.2. The molecule has 1 heterocycles. The van der Waals surface area contributed by atoms with Gasteiger partial charge >= 0.3 is 6.03 Å². The molecule has 1 aromatic carbocycles. The zero-order valence-corrected chi connectivity index (χ0v) is 13.6. The number of amides is 2. The highest BCUT2D eigenvalue weighted by atomic mass is 16.3. The van der Waals surface area contributed by atoms with Gasteiger partial charge in [-0.2, -0.15) is 0 Å². The monoisotopic (exact) mass is 300 g/mol. The van der Waals surface area contributed by atoms with Crippen LogP contribution in [-0.2, 0) is 0 Å². The first-order chi connectivity index (χ1) is 10.5. The largest absolute Gasteiger partial charge is 0.467 e. The fourth-order valence-corrected chi connectivity index (χ4v) is 2.43. The number of nitrogens with zero attached hydrogens (tertiary/aromatic N) is 1. The second-order valence-electron chi connectivity index (χ2n) is 5.88. The molecule has 4 nitrogen and oxygen atoms in total. The van der Waals surface area contributed by atoms with Crippen molar-refractivity contribution in [3.05, 3.63) is 60.1 Å². The van der Waals surface area contributed by atoms with Crippen LogP contribution in [-0.4, -0.2) is 18.0 Å². The van der Waals surface area contributed by atoms with Gasteiger partial charge in [-0.05, 0) is 30.5 Å². The maximum Gasteiger partial charge on any atom is 0.318 e. The Balaban J connectivity index is 2.08. The van der Waals surface area contributed by atoms with E-state index in [-0.39, 0.29) is 18.1 Å². The van der Waals surface area contributed by atoms with E-state index in [9.17, 15) is 4.79 Å². The van der Waals surface area contributed by atoms with Gasteiger partial charge in [0.05, 0.1) is 18.3 Å². The van der Waals surface area contributed by atoms with Gasteiger partial charge in [0, 0.05) is 7.05 Å². The molecule has 0 aliphatic carbocycles. The zero-order valence-electron chi connectivity index (χ0n) is 13.6. The lowest BCUT2D eigenvalue weighted by Crippen LogP contribution is -2.41. The summed E-state index contributed by atoms with van der Waals surface area (Å²) < 4.78 is 5.38. The number of hydrogen-bond acceptors (Lipinski definition) is 2. The van der Waals surface area contributed by atoms with Crippen LogP contribution in [0.15, 0.2) is 53.1 Å². The minimum Gasteiger partial charge on any atom is -0.467 e. The highest BCUT2D eigenvalue weighted by Gasteiger charge is 2.24. The lowest BCUT2D eigenvalue weighted by atomic mass is 9.96. The number of furan rings is 1. The number of nitrogens with one attached hydrogen (secondary N) is 1. The van der Waals surface area contributed by atoms with E-state index < -0.39 is 0 Å². The fourth-order valence-electron chi connectivity index (χ4n) is 2.43. The second kappa shape index (κ2) is 7.16. The van der Waals surface area contributed by atoms with E-state index in [1.807, 2.05) is 49.4 Å². The van der Waals surface area contributed by atoms with Gasteiger partial charge in [0.1, 0.15) is 5.76 Å². The summed E-state index contributed by atoms with van der Waals surface area (Å²) in [7, 11) is 1.78.